The summed E-state index contributed by atoms with van der Waals surface area (Å²) in [5.41, 5.74) is 7.53. The van der Waals surface area contributed by atoms with Gasteiger partial charge in [0.15, 0.2) is 5.78 Å². The monoisotopic (exact) mass is 332 g/mol. The van der Waals surface area contributed by atoms with Gasteiger partial charge in [0.2, 0.25) is 5.91 Å². The van der Waals surface area contributed by atoms with Gasteiger partial charge >= 0.3 is 0 Å². The van der Waals surface area contributed by atoms with Gasteiger partial charge in [-0.05, 0) is 43.3 Å². The van der Waals surface area contributed by atoms with Crippen LogP contribution in [0.15, 0.2) is 42.5 Å². The minimum absolute atomic E-state index is 0.238. The van der Waals surface area contributed by atoms with E-state index in [1.54, 1.807) is 42.5 Å². The largest absolute Gasteiger partial charge is 0.394 e. The van der Waals surface area contributed by atoms with Crippen molar-refractivity contribution in [3.63, 3.8) is 0 Å². The number of hydrogen-bond acceptors (Lipinski definition) is 4. The van der Waals surface area contributed by atoms with Crippen molar-refractivity contribution in [3.8, 4) is 0 Å². The number of aliphatic hydroxyl groups excluding tert-OH is 1. The molecular weight excluding hydrogens is 316 g/mol. The first-order chi connectivity index (χ1) is 10.9. The lowest BCUT2D eigenvalue weighted by Crippen LogP contribution is -2.38. The third kappa shape index (κ3) is 4.16. The quantitative estimate of drug-likeness (QED) is 0.731. The molecule has 0 saturated heterocycles. The van der Waals surface area contributed by atoms with Crippen molar-refractivity contribution >= 4 is 29.0 Å². The van der Waals surface area contributed by atoms with E-state index in [0.717, 1.165) is 5.56 Å². The second-order valence-corrected chi connectivity index (χ2v) is 5.60. The van der Waals surface area contributed by atoms with E-state index in [4.69, 9.17) is 22.4 Å². The number of ketones is 1. The molecule has 0 aliphatic rings. The summed E-state index contributed by atoms with van der Waals surface area (Å²) < 4.78 is 0. The fourth-order valence-electron chi connectivity index (χ4n) is 2.02. The van der Waals surface area contributed by atoms with E-state index in [9.17, 15) is 9.59 Å². The Hall–Kier alpha value is -2.21. The third-order valence-corrected chi connectivity index (χ3v) is 3.57. The van der Waals surface area contributed by atoms with Crippen LogP contribution in [0.4, 0.5) is 5.69 Å². The molecule has 4 N–H and O–H groups in total. The average Bonchev–Trinajstić information content (AvgIpc) is 2.55. The van der Waals surface area contributed by atoms with Crippen LogP contribution < -0.4 is 11.1 Å². The molecule has 1 atom stereocenters. The van der Waals surface area contributed by atoms with Gasteiger partial charge in [0.25, 0.3) is 0 Å². The van der Waals surface area contributed by atoms with E-state index in [1.165, 1.54) is 0 Å². The molecule has 2 aromatic rings. The highest BCUT2D eigenvalue weighted by Crippen LogP contribution is 2.22. The van der Waals surface area contributed by atoms with Gasteiger partial charge < -0.3 is 16.2 Å². The van der Waals surface area contributed by atoms with Crippen molar-refractivity contribution < 1.29 is 14.7 Å². The molecule has 0 spiro atoms. The lowest BCUT2D eigenvalue weighted by molar-refractivity contribution is -0.118. The molecule has 120 valence electrons. The number of aliphatic hydroxyl groups is 1. The Morgan fingerprint density at radius 3 is 2.48 bits per heavy atom. The number of nitrogens with two attached hydrogens (primary N) is 1. The Bertz CT molecular complexity index is 729. The maximum atomic E-state index is 12.7. The van der Waals surface area contributed by atoms with Gasteiger partial charge in [0, 0.05) is 16.1 Å². The molecule has 0 aromatic heterocycles. The number of carbonyl (C=O) groups is 2. The second kappa shape index (κ2) is 7.37. The molecule has 2 aromatic carbocycles. The van der Waals surface area contributed by atoms with Gasteiger partial charge in [-0.15, -0.1) is 0 Å². The smallest absolute Gasteiger partial charge is 0.243 e. The van der Waals surface area contributed by atoms with Crippen molar-refractivity contribution in [2.24, 2.45) is 5.73 Å². The number of carbonyl (C=O) groups excluding carboxylic acids is 2. The topological polar surface area (TPSA) is 92.4 Å². The summed E-state index contributed by atoms with van der Waals surface area (Å²) in [6.07, 6.45) is 0. The molecular formula is C17H17ClN2O3. The van der Waals surface area contributed by atoms with Crippen molar-refractivity contribution in [3.05, 3.63) is 64.2 Å². The molecule has 0 saturated carbocycles. The maximum Gasteiger partial charge on any atom is 0.243 e. The van der Waals surface area contributed by atoms with Crippen LogP contribution in [0.25, 0.3) is 0 Å². The summed E-state index contributed by atoms with van der Waals surface area (Å²) in [5, 5.41) is 12.1. The average molecular weight is 333 g/mol. The number of hydrogen-bond donors (Lipinski definition) is 3. The third-order valence-electron chi connectivity index (χ3n) is 3.32. The van der Waals surface area contributed by atoms with Gasteiger partial charge in [-0.1, -0.05) is 23.2 Å². The van der Waals surface area contributed by atoms with Gasteiger partial charge in [-0.3, -0.25) is 9.59 Å². The zero-order chi connectivity index (χ0) is 17.0. The fraction of sp³-hybridized carbons (Fsp3) is 0.176. The molecule has 0 aliphatic carbocycles. The van der Waals surface area contributed by atoms with Crippen molar-refractivity contribution in [2.45, 2.75) is 13.0 Å². The molecule has 0 radical (unpaired) electrons. The Morgan fingerprint density at radius 2 is 1.87 bits per heavy atom. The van der Waals surface area contributed by atoms with E-state index >= 15 is 0 Å². The molecule has 0 unspecified atom stereocenters. The SMILES string of the molecule is Cc1ccc(NC(=O)[C@@H](N)CO)c(C(=O)c2ccc(Cl)cc2)c1. The number of nitrogens with one attached hydrogen (secondary N) is 1. The lowest BCUT2D eigenvalue weighted by atomic mass is 9.99. The van der Waals surface area contributed by atoms with Crippen LogP contribution in [-0.2, 0) is 4.79 Å². The van der Waals surface area contributed by atoms with Crippen molar-refractivity contribution in [1.82, 2.24) is 0 Å². The second-order valence-electron chi connectivity index (χ2n) is 5.16. The van der Waals surface area contributed by atoms with Crippen LogP contribution in [0.1, 0.15) is 21.5 Å². The minimum Gasteiger partial charge on any atom is -0.394 e. The molecule has 0 aliphatic heterocycles. The first-order valence-corrected chi connectivity index (χ1v) is 7.38. The van der Waals surface area contributed by atoms with Crippen LogP contribution in [0.3, 0.4) is 0 Å². The highest BCUT2D eigenvalue weighted by molar-refractivity contribution is 6.30. The van der Waals surface area contributed by atoms with E-state index < -0.39 is 18.6 Å². The Kier molecular flexibility index (Phi) is 5.50. The molecule has 0 fully saturated rings. The number of benzene rings is 2. The summed E-state index contributed by atoms with van der Waals surface area (Å²) >= 11 is 5.83. The number of rotatable bonds is 5. The summed E-state index contributed by atoms with van der Waals surface area (Å²) in [7, 11) is 0. The predicted octanol–water partition coefficient (Wildman–Crippen LogP) is 2.14. The van der Waals surface area contributed by atoms with Gasteiger partial charge in [-0.2, -0.15) is 0 Å². The molecule has 6 heteroatoms. The number of halogens is 1. The van der Waals surface area contributed by atoms with Crippen LogP contribution in [0.5, 0.6) is 0 Å². The van der Waals surface area contributed by atoms with Crippen molar-refractivity contribution in [2.75, 3.05) is 11.9 Å². The summed E-state index contributed by atoms with van der Waals surface area (Å²) in [4.78, 5) is 24.5. The molecule has 5 nitrogen and oxygen atoms in total. The van der Waals surface area contributed by atoms with E-state index in [2.05, 4.69) is 5.32 Å². The Morgan fingerprint density at radius 1 is 1.22 bits per heavy atom. The lowest BCUT2D eigenvalue weighted by Gasteiger charge is -2.14. The van der Waals surface area contributed by atoms with Gasteiger partial charge in [0.05, 0.1) is 12.3 Å². The molecule has 0 heterocycles. The van der Waals surface area contributed by atoms with Crippen LogP contribution in [0, 0.1) is 6.92 Å². The van der Waals surface area contributed by atoms with E-state index in [0.29, 0.717) is 21.8 Å². The summed E-state index contributed by atoms with van der Waals surface area (Å²) in [6, 6.07) is 10.6. The molecule has 1 amide bonds. The molecule has 0 bridgehead atoms. The highest BCUT2D eigenvalue weighted by Gasteiger charge is 2.18. The summed E-state index contributed by atoms with van der Waals surface area (Å²) in [5.74, 6) is -0.792. The van der Waals surface area contributed by atoms with Crippen LogP contribution in [-0.4, -0.2) is 29.4 Å². The number of aryl methyl sites for hydroxylation is 1. The summed E-state index contributed by atoms with van der Waals surface area (Å²) in [6.45, 7) is 1.38. The van der Waals surface area contributed by atoms with E-state index in [1.807, 2.05) is 6.92 Å². The maximum absolute atomic E-state index is 12.7. The number of amides is 1. The van der Waals surface area contributed by atoms with Crippen LogP contribution >= 0.6 is 11.6 Å². The molecule has 2 rings (SSSR count). The van der Waals surface area contributed by atoms with Crippen molar-refractivity contribution in [1.29, 1.82) is 0 Å². The first kappa shape index (κ1) is 17.1. The van der Waals surface area contributed by atoms with Gasteiger partial charge in [-0.25, -0.2) is 0 Å². The fourth-order valence-corrected chi connectivity index (χ4v) is 2.15. The predicted molar refractivity (Wildman–Crippen MR) is 89.8 cm³/mol. The molecule has 23 heavy (non-hydrogen) atoms. The van der Waals surface area contributed by atoms with E-state index in [-0.39, 0.29) is 5.78 Å². The first-order valence-electron chi connectivity index (χ1n) is 7.00. The normalized spacial score (nSPS) is 11.8. The van der Waals surface area contributed by atoms with Crippen LogP contribution in [0.2, 0.25) is 5.02 Å². The zero-order valence-corrected chi connectivity index (χ0v) is 13.3. The highest BCUT2D eigenvalue weighted by atomic mass is 35.5. The Balaban J connectivity index is 2.37. The van der Waals surface area contributed by atoms with Gasteiger partial charge in [0.1, 0.15) is 6.04 Å². The standard InChI is InChI=1S/C17H17ClN2O3/c1-10-2-7-15(20-17(23)14(19)9-21)13(8-10)16(22)11-3-5-12(18)6-4-11/h2-8,14,21H,9,19H2,1H3,(H,20,23)/t14-/m0/s1. The zero-order valence-electron chi connectivity index (χ0n) is 12.5. The minimum atomic E-state index is -1.05. The number of anilines is 1. The Labute approximate surface area is 139 Å².